The van der Waals surface area contributed by atoms with E-state index in [9.17, 15) is 14.4 Å². The van der Waals surface area contributed by atoms with E-state index in [4.69, 9.17) is 14.2 Å². The minimum atomic E-state index is -0.779. The third kappa shape index (κ3) is 69.8. The fraction of sp³-hybridized carbons (Fsp3) is 0.831. The Morgan fingerprint density at radius 1 is 0.241 bits per heavy atom. The molecule has 0 saturated heterocycles. The van der Waals surface area contributed by atoms with Crippen molar-refractivity contribution in [1.29, 1.82) is 0 Å². The van der Waals surface area contributed by atoms with E-state index in [1.807, 2.05) is 0 Å². The van der Waals surface area contributed by atoms with Gasteiger partial charge in [0.15, 0.2) is 6.10 Å². The van der Waals surface area contributed by atoms with Gasteiger partial charge in [0, 0.05) is 19.3 Å². The Bertz CT molecular complexity index is 1470. The summed E-state index contributed by atoms with van der Waals surface area (Å²) in [5, 5.41) is 0. The maximum Gasteiger partial charge on any atom is 0.306 e. The van der Waals surface area contributed by atoms with Gasteiger partial charge < -0.3 is 14.2 Å². The molecule has 0 aliphatic heterocycles. The van der Waals surface area contributed by atoms with E-state index in [1.165, 1.54) is 276 Å². The Balaban J connectivity index is 4.23. The second kappa shape index (κ2) is 71.6. The number of allylic oxidation sites excluding steroid dienone is 10. The minimum Gasteiger partial charge on any atom is -0.462 e. The summed E-state index contributed by atoms with van der Waals surface area (Å²) in [6, 6.07) is 0. The first-order valence-electron chi connectivity index (χ1n) is 36.8. The predicted octanol–water partition coefficient (Wildman–Crippen LogP) is 25.5. The molecule has 0 aromatic heterocycles. The molecule has 0 radical (unpaired) electrons. The van der Waals surface area contributed by atoms with Crippen LogP contribution in [-0.2, 0) is 28.6 Å². The number of unbranched alkanes of at least 4 members (excludes halogenated alkanes) is 47. The lowest BCUT2D eigenvalue weighted by Crippen LogP contribution is -2.30. The van der Waals surface area contributed by atoms with Crippen LogP contribution in [0.2, 0.25) is 0 Å². The first-order valence-corrected chi connectivity index (χ1v) is 36.8. The van der Waals surface area contributed by atoms with Crippen molar-refractivity contribution in [2.45, 2.75) is 399 Å². The molecular formula is C77H140O6. The first-order chi connectivity index (χ1) is 41.0. The van der Waals surface area contributed by atoms with Crippen LogP contribution in [0.15, 0.2) is 60.8 Å². The molecule has 0 saturated carbocycles. The third-order valence-corrected chi connectivity index (χ3v) is 16.5. The van der Waals surface area contributed by atoms with Gasteiger partial charge in [-0.05, 0) is 109 Å². The lowest BCUT2D eigenvalue weighted by Gasteiger charge is -2.18. The lowest BCUT2D eigenvalue weighted by atomic mass is 10.0. The van der Waals surface area contributed by atoms with Crippen LogP contribution in [0.5, 0.6) is 0 Å². The summed E-state index contributed by atoms with van der Waals surface area (Å²) in [7, 11) is 0. The number of rotatable bonds is 68. The van der Waals surface area contributed by atoms with Crippen LogP contribution in [-0.4, -0.2) is 37.2 Å². The molecule has 0 aliphatic carbocycles. The van der Waals surface area contributed by atoms with Gasteiger partial charge in [0.2, 0.25) is 0 Å². The van der Waals surface area contributed by atoms with E-state index in [1.54, 1.807) is 0 Å². The highest BCUT2D eigenvalue weighted by molar-refractivity contribution is 5.71. The molecule has 6 heteroatoms. The number of carbonyl (C=O) groups excluding carboxylic acids is 3. The van der Waals surface area contributed by atoms with Crippen molar-refractivity contribution in [3.63, 3.8) is 0 Å². The summed E-state index contributed by atoms with van der Waals surface area (Å²) in [6.45, 7) is 6.67. The Morgan fingerprint density at radius 2 is 0.434 bits per heavy atom. The van der Waals surface area contributed by atoms with Crippen LogP contribution >= 0.6 is 0 Å². The zero-order chi connectivity index (χ0) is 59.9. The smallest absolute Gasteiger partial charge is 0.306 e. The topological polar surface area (TPSA) is 78.9 Å². The van der Waals surface area contributed by atoms with Gasteiger partial charge in [0.25, 0.3) is 0 Å². The summed E-state index contributed by atoms with van der Waals surface area (Å²) < 4.78 is 17.0. The van der Waals surface area contributed by atoms with Crippen molar-refractivity contribution in [2.75, 3.05) is 13.2 Å². The van der Waals surface area contributed by atoms with Gasteiger partial charge in [0.05, 0.1) is 0 Å². The van der Waals surface area contributed by atoms with E-state index in [0.29, 0.717) is 19.3 Å². The average Bonchev–Trinajstić information content (AvgIpc) is 3.49. The Hall–Kier alpha value is -2.89. The maximum atomic E-state index is 13.0. The molecule has 0 heterocycles. The Labute approximate surface area is 517 Å². The van der Waals surface area contributed by atoms with Gasteiger partial charge in [-0.3, -0.25) is 14.4 Å². The predicted molar refractivity (Wildman–Crippen MR) is 362 cm³/mol. The number of hydrogen-bond acceptors (Lipinski definition) is 6. The van der Waals surface area contributed by atoms with E-state index in [0.717, 1.165) is 77.0 Å². The number of ether oxygens (including phenoxy) is 3. The zero-order valence-corrected chi connectivity index (χ0v) is 55.7. The normalized spacial score (nSPS) is 12.4. The molecule has 83 heavy (non-hydrogen) atoms. The summed E-state index contributed by atoms with van der Waals surface area (Å²) in [6.07, 6.45) is 92.6. The van der Waals surface area contributed by atoms with Crippen molar-refractivity contribution in [1.82, 2.24) is 0 Å². The Kier molecular flexibility index (Phi) is 69.1. The lowest BCUT2D eigenvalue weighted by molar-refractivity contribution is -0.167. The monoisotopic (exact) mass is 1160 g/mol. The molecule has 6 nitrogen and oxygen atoms in total. The molecule has 484 valence electrons. The van der Waals surface area contributed by atoms with Gasteiger partial charge >= 0.3 is 17.9 Å². The molecule has 0 fully saturated rings. The molecule has 0 aromatic rings. The summed E-state index contributed by atoms with van der Waals surface area (Å²) >= 11 is 0. The van der Waals surface area contributed by atoms with E-state index in [2.05, 4.69) is 81.5 Å². The third-order valence-electron chi connectivity index (χ3n) is 16.5. The number of esters is 3. The Morgan fingerprint density at radius 3 is 0.699 bits per heavy atom. The molecule has 0 aliphatic rings. The van der Waals surface area contributed by atoms with Crippen molar-refractivity contribution >= 4 is 17.9 Å². The van der Waals surface area contributed by atoms with E-state index < -0.39 is 6.10 Å². The van der Waals surface area contributed by atoms with Crippen LogP contribution in [0, 0.1) is 0 Å². The second-order valence-corrected chi connectivity index (χ2v) is 24.8. The van der Waals surface area contributed by atoms with Gasteiger partial charge in [-0.1, -0.05) is 326 Å². The fourth-order valence-electron chi connectivity index (χ4n) is 10.9. The highest BCUT2D eigenvalue weighted by Crippen LogP contribution is 2.18. The number of hydrogen-bond donors (Lipinski definition) is 0. The molecule has 1 unspecified atom stereocenters. The quantitative estimate of drug-likeness (QED) is 0.0261. The second-order valence-electron chi connectivity index (χ2n) is 24.8. The van der Waals surface area contributed by atoms with Crippen LogP contribution < -0.4 is 0 Å². The molecule has 0 rings (SSSR count). The van der Waals surface area contributed by atoms with E-state index >= 15 is 0 Å². The molecule has 0 amide bonds. The van der Waals surface area contributed by atoms with Crippen LogP contribution in [0.1, 0.15) is 393 Å². The molecule has 0 aromatic carbocycles. The van der Waals surface area contributed by atoms with Crippen molar-refractivity contribution < 1.29 is 28.6 Å². The van der Waals surface area contributed by atoms with Crippen molar-refractivity contribution in [2.24, 2.45) is 0 Å². The van der Waals surface area contributed by atoms with Gasteiger partial charge in [-0.2, -0.15) is 0 Å². The van der Waals surface area contributed by atoms with Gasteiger partial charge in [0.1, 0.15) is 13.2 Å². The standard InChI is InChI=1S/C77H140O6/c1-4-7-10-13-16-19-22-25-27-29-31-33-35-36-37-38-39-40-42-43-45-47-49-52-55-58-61-64-67-70-76(79)82-73-74(72-81-75(78)69-66-63-60-57-54-51-24-21-18-15-12-9-6-3)83-77(80)71-68-65-62-59-56-53-50-48-46-44-41-34-32-30-28-26-23-20-17-14-11-8-5-2/h21-22,24-25,29-32,35-36,74H,4-20,23,26-28,33-34,37-73H2,1-3H3/b24-21-,25-22-,31-29-,32-30-,36-35-. The molecule has 0 bridgehead atoms. The van der Waals surface area contributed by atoms with E-state index in [-0.39, 0.29) is 31.1 Å². The summed E-state index contributed by atoms with van der Waals surface area (Å²) in [5.74, 6) is -0.861. The first kappa shape index (κ1) is 80.1. The molecule has 0 spiro atoms. The fourth-order valence-corrected chi connectivity index (χ4v) is 10.9. The van der Waals surface area contributed by atoms with Gasteiger partial charge in [-0.25, -0.2) is 0 Å². The molecule has 1 atom stereocenters. The van der Waals surface area contributed by atoms with Crippen molar-refractivity contribution in [3.8, 4) is 0 Å². The van der Waals surface area contributed by atoms with Crippen LogP contribution in [0.3, 0.4) is 0 Å². The minimum absolute atomic E-state index is 0.0740. The summed E-state index contributed by atoms with van der Waals surface area (Å²) in [4.78, 5) is 38.5. The average molecular weight is 1160 g/mol. The maximum absolute atomic E-state index is 13.0. The highest BCUT2D eigenvalue weighted by atomic mass is 16.6. The largest absolute Gasteiger partial charge is 0.462 e. The SMILES string of the molecule is CCCCCC/C=C\CCCCCCCC(=O)OCC(COC(=O)CCCCCCCCCCCCCCCC/C=C\C/C=C\C/C=C\CCCCCCC)OC(=O)CCCCCCCCCCCCC/C=C\CCCCCCCCCC. The molecular weight excluding hydrogens is 1020 g/mol. The molecule has 0 N–H and O–H groups in total. The zero-order valence-electron chi connectivity index (χ0n) is 55.7. The summed E-state index contributed by atoms with van der Waals surface area (Å²) in [5.41, 5.74) is 0. The van der Waals surface area contributed by atoms with Gasteiger partial charge in [-0.15, -0.1) is 0 Å². The highest BCUT2D eigenvalue weighted by Gasteiger charge is 2.19. The van der Waals surface area contributed by atoms with Crippen molar-refractivity contribution in [3.05, 3.63) is 60.8 Å². The van der Waals surface area contributed by atoms with Crippen LogP contribution in [0.4, 0.5) is 0 Å². The number of carbonyl (C=O) groups is 3. The van der Waals surface area contributed by atoms with Crippen LogP contribution in [0.25, 0.3) is 0 Å².